The van der Waals surface area contributed by atoms with Crippen LogP contribution in [0.1, 0.15) is 6.92 Å². The third kappa shape index (κ3) is 1.29. The van der Waals surface area contributed by atoms with E-state index in [9.17, 15) is 4.79 Å². The van der Waals surface area contributed by atoms with Gasteiger partial charge in [0.05, 0.1) is 5.92 Å². The topological polar surface area (TPSA) is 40.5 Å². The molecule has 0 saturated carbocycles. The number of likely N-dealkylation sites (tertiary alicyclic amines) is 1. The van der Waals surface area contributed by atoms with Crippen LogP contribution in [0, 0.1) is 11.8 Å². The van der Waals surface area contributed by atoms with Crippen LogP contribution in [0.15, 0.2) is 0 Å². The molecule has 1 aliphatic heterocycles. The lowest BCUT2D eigenvalue weighted by atomic mass is 9.99. The molecule has 3 heteroatoms. The maximum atomic E-state index is 10.5. The minimum atomic E-state index is -0.656. The average molecular weight is 143 g/mol. The first-order valence-corrected chi connectivity index (χ1v) is 3.52. The van der Waals surface area contributed by atoms with Crippen LogP contribution >= 0.6 is 0 Å². The highest BCUT2D eigenvalue weighted by Gasteiger charge is 2.32. The summed E-state index contributed by atoms with van der Waals surface area (Å²) in [5, 5.41) is 8.67. The van der Waals surface area contributed by atoms with Gasteiger partial charge in [0, 0.05) is 13.1 Å². The summed E-state index contributed by atoms with van der Waals surface area (Å²) in [5.74, 6) is -0.496. The van der Waals surface area contributed by atoms with Gasteiger partial charge in [-0.15, -0.1) is 0 Å². The van der Waals surface area contributed by atoms with E-state index >= 15 is 0 Å². The lowest BCUT2D eigenvalue weighted by Crippen LogP contribution is -2.20. The molecule has 0 aromatic heterocycles. The predicted octanol–water partition coefficient (Wildman–Crippen LogP) is 0.269. The van der Waals surface area contributed by atoms with Gasteiger partial charge >= 0.3 is 5.97 Å². The van der Waals surface area contributed by atoms with Crippen molar-refractivity contribution in [2.45, 2.75) is 6.92 Å². The predicted molar refractivity (Wildman–Crippen MR) is 37.8 cm³/mol. The molecule has 1 fully saturated rings. The fraction of sp³-hybridized carbons (Fsp3) is 0.857. The molecule has 0 amide bonds. The van der Waals surface area contributed by atoms with Gasteiger partial charge in [0.25, 0.3) is 0 Å². The van der Waals surface area contributed by atoms with Crippen molar-refractivity contribution in [3.63, 3.8) is 0 Å². The third-order valence-electron chi connectivity index (χ3n) is 2.11. The maximum Gasteiger partial charge on any atom is 0.308 e. The monoisotopic (exact) mass is 143 g/mol. The van der Waals surface area contributed by atoms with Crippen molar-refractivity contribution in [1.29, 1.82) is 0 Å². The molecular formula is C7H13NO2. The van der Waals surface area contributed by atoms with E-state index in [1.165, 1.54) is 0 Å². The first-order chi connectivity index (χ1) is 4.61. The fourth-order valence-electron chi connectivity index (χ4n) is 1.53. The SMILES string of the molecule is C[C@H]1CN(C)C[C@@H]1C(=O)O. The molecule has 0 unspecified atom stereocenters. The van der Waals surface area contributed by atoms with E-state index in [1.54, 1.807) is 0 Å². The molecule has 1 aliphatic rings. The quantitative estimate of drug-likeness (QED) is 0.572. The summed E-state index contributed by atoms with van der Waals surface area (Å²) < 4.78 is 0. The van der Waals surface area contributed by atoms with E-state index in [2.05, 4.69) is 4.90 Å². The zero-order chi connectivity index (χ0) is 7.72. The van der Waals surface area contributed by atoms with E-state index < -0.39 is 5.97 Å². The Hall–Kier alpha value is -0.570. The molecule has 0 aliphatic carbocycles. The van der Waals surface area contributed by atoms with Crippen LogP contribution in [-0.4, -0.2) is 36.1 Å². The van der Waals surface area contributed by atoms with Crippen LogP contribution in [0.2, 0.25) is 0 Å². The van der Waals surface area contributed by atoms with E-state index in [1.807, 2.05) is 14.0 Å². The van der Waals surface area contributed by atoms with Gasteiger partial charge in [0.1, 0.15) is 0 Å². The Bertz CT molecular complexity index is 147. The Kier molecular flexibility index (Phi) is 1.94. The van der Waals surface area contributed by atoms with Gasteiger partial charge in [-0.1, -0.05) is 6.92 Å². The van der Waals surface area contributed by atoms with Crippen molar-refractivity contribution < 1.29 is 9.90 Å². The number of carboxylic acids is 1. The Labute approximate surface area is 60.6 Å². The van der Waals surface area contributed by atoms with Crippen molar-refractivity contribution in [3.05, 3.63) is 0 Å². The van der Waals surface area contributed by atoms with Crippen LogP contribution in [0.4, 0.5) is 0 Å². The number of hydrogen-bond acceptors (Lipinski definition) is 2. The molecular weight excluding hydrogens is 130 g/mol. The maximum absolute atomic E-state index is 10.5. The van der Waals surface area contributed by atoms with Crippen molar-refractivity contribution >= 4 is 5.97 Å². The van der Waals surface area contributed by atoms with Gasteiger partial charge in [-0.25, -0.2) is 0 Å². The second-order valence-corrected chi connectivity index (χ2v) is 3.14. The molecule has 1 saturated heterocycles. The summed E-state index contributed by atoms with van der Waals surface area (Å²) in [7, 11) is 1.96. The molecule has 0 aromatic rings. The Balaban J connectivity index is 2.54. The average Bonchev–Trinajstić information content (AvgIpc) is 2.10. The Morgan fingerprint density at radius 3 is 2.40 bits per heavy atom. The van der Waals surface area contributed by atoms with Crippen molar-refractivity contribution in [3.8, 4) is 0 Å². The van der Waals surface area contributed by atoms with Gasteiger partial charge in [-0.05, 0) is 13.0 Å². The summed E-state index contributed by atoms with van der Waals surface area (Å²) in [6, 6.07) is 0. The highest BCUT2D eigenvalue weighted by atomic mass is 16.4. The van der Waals surface area contributed by atoms with Gasteiger partial charge in [0.2, 0.25) is 0 Å². The molecule has 0 radical (unpaired) electrons. The molecule has 0 bridgehead atoms. The summed E-state index contributed by atoms with van der Waals surface area (Å²) in [5.41, 5.74) is 0. The first kappa shape index (κ1) is 7.54. The van der Waals surface area contributed by atoms with Crippen molar-refractivity contribution in [2.75, 3.05) is 20.1 Å². The highest BCUT2D eigenvalue weighted by molar-refractivity contribution is 5.71. The minimum Gasteiger partial charge on any atom is -0.481 e. The first-order valence-electron chi connectivity index (χ1n) is 3.52. The van der Waals surface area contributed by atoms with Gasteiger partial charge < -0.3 is 10.0 Å². The second kappa shape index (κ2) is 2.58. The van der Waals surface area contributed by atoms with E-state index in [-0.39, 0.29) is 5.92 Å². The lowest BCUT2D eigenvalue weighted by molar-refractivity contribution is -0.142. The molecule has 0 spiro atoms. The number of carboxylic acid groups (broad SMARTS) is 1. The Morgan fingerprint density at radius 2 is 2.20 bits per heavy atom. The number of carbonyl (C=O) groups is 1. The minimum absolute atomic E-state index is 0.148. The number of rotatable bonds is 1. The molecule has 1 rings (SSSR count). The molecule has 0 aromatic carbocycles. The van der Waals surface area contributed by atoms with Crippen LogP contribution in [0.5, 0.6) is 0 Å². The molecule has 1 heterocycles. The van der Waals surface area contributed by atoms with Gasteiger partial charge in [-0.3, -0.25) is 4.79 Å². The van der Waals surface area contributed by atoms with Crippen molar-refractivity contribution in [1.82, 2.24) is 4.90 Å². The van der Waals surface area contributed by atoms with Crippen LogP contribution in [0.3, 0.4) is 0 Å². The molecule has 3 nitrogen and oxygen atoms in total. The summed E-state index contributed by atoms with van der Waals surface area (Å²) in [6.07, 6.45) is 0. The van der Waals surface area contributed by atoms with Crippen LogP contribution < -0.4 is 0 Å². The highest BCUT2D eigenvalue weighted by Crippen LogP contribution is 2.20. The van der Waals surface area contributed by atoms with Gasteiger partial charge in [-0.2, -0.15) is 0 Å². The van der Waals surface area contributed by atoms with E-state index in [4.69, 9.17) is 5.11 Å². The largest absolute Gasteiger partial charge is 0.481 e. The normalized spacial score (nSPS) is 34.6. The fourth-order valence-corrected chi connectivity index (χ4v) is 1.53. The third-order valence-corrected chi connectivity index (χ3v) is 2.11. The standard InChI is InChI=1S/C7H13NO2/c1-5-3-8(2)4-6(5)7(9)10/h5-6H,3-4H2,1-2H3,(H,9,10)/t5-,6-/m0/s1. The summed E-state index contributed by atoms with van der Waals surface area (Å²) >= 11 is 0. The Morgan fingerprint density at radius 1 is 1.60 bits per heavy atom. The lowest BCUT2D eigenvalue weighted by Gasteiger charge is -2.06. The van der Waals surface area contributed by atoms with E-state index in [0.717, 1.165) is 6.54 Å². The second-order valence-electron chi connectivity index (χ2n) is 3.14. The number of aliphatic carboxylic acids is 1. The molecule has 58 valence electrons. The number of hydrogen-bond donors (Lipinski definition) is 1. The molecule has 1 N–H and O–H groups in total. The van der Waals surface area contributed by atoms with Crippen LogP contribution in [0.25, 0.3) is 0 Å². The van der Waals surface area contributed by atoms with Gasteiger partial charge in [0.15, 0.2) is 0 Å². The number of nitrogens with zero attached hydrogens (tertiary/aromatic N) is 1. The summed E-state index contributed by atoms with van der Waals surface area (Å²) in [4.78, 5) is 12.6. The zero-order valence-electron chi connectivity index (χ0n) is 6.37. The van der Waals surface area contributed by atoms with Crippen molar-refractivity contribution in [2.24, 2.45) is 11.8 Å². The summed E-state index contributed by atoms with van der Waals surface area (Å²) in [6.45, 7) is 3.61. The zero-order valence-corrected chi connectivity index (χ0v) is 6.37. The van der Waals surface area contributed by atoms with Crippen LogP contribution in [-0.2, 0) is 4.79 Å². The molecule has 10 heavy (non-hydrogen) atoms. The molecule has 2 atom stereocenters. The smallest absolute Gasteiger partial charge is 0.308 e. The van der Waals surface area contributed by atoms with E-state index in [0.29, 0.717) is 12.5 Å².